The summed E-state index contributed by atoms with van der Waals surface area (Å²) in [6.07, 6.45) is 2.56. The molecule has 110 valence electrons. The third kappa shape index (κ3) is 1.52. The number of para-hydroxylation sites is 1. The van der Waals surface area contributed by atoms with Crippen LogP contribution in [0.2, 0.25) is 0 Å². The van der Waals surface area contributed by atoms with Gasteiger partial charge in [-0.05, 0) is 62.3 Å². The molecule has 1 aromatic carbocycles. The molecule has 5 rings (SSSR count). The molecule has 1 aromatic heterocycles. The first-order valence-electron chi connectivity index (χ1n) is 7.92. The van der Waals surface area contributed by atoms with E-state index in [-0.39, 0.29) is 11.0 Å². The van der Waals surface area contributed by atoms with Gasteiger partial charge in [0.05, 0.1) is 5.54 Å². The minimum absolute atomic E-state index is 0.160. The molecule has 1 fully saturated rings. The van der Waals surface area contributed by atoms with E-state index in [1.165, 1.54) is 24.1 Å². The highest BCUT2D eigenvalue weighted by atomic mass is 32.1. The third-order valence-corrected chi connectivity index (χ3v) is 7.28. The van der Waals surface area contributed by atoms with Crippen LogP contribution in [0.5, 0.6) is 0 Å². The molecule has 1 saturated heterocycles. The van der Waals surface area contributed by atoms with Gasteiger partial charge in [0.15, 0.2) is 0 Å². The average molecular weight is 297 g/mol. The highest BCUT2D eigenvalue weighted by Crippen LogP contribution is 2.59. The summed E-state index contributed by atoms with van der Waals surface area (Å²) in [7, 11) is 0. The van der Waals surface area contributed by atoms with Crippen molar-refractivity contribution >= 4 is 17.0 Å². The number of fused-ring (bicyclic) bond motifs is 2. The first-order chi connectivity index (χ1) is 9.98. The van der Waals surface area contributed by atoms with E-state index in [2.05, 4.69) is 68.3 Å². The van der Waals surface area contributed by atoms with Crippen LogP contribution in [0.25, 0.3) is 0 Å². The smallest absolute Gasteiger partial charge is 0.0724 e. The van der Waals surface area contributed by atoms with E-state index >= 15 is 0 Å². The van der Waals surface area contributed by atoms with Gasteiger partial charge in [0.2, 0.25) is 0 Å². The van der Waals surface area contributed by atoms with Crippen LogP contribution >= 0.6 is 11.3 Å². The zero-order valence-electron chi connectivity index (χ0n) is 13.3. The van der Waals surface area contributed by atoms with Crippen molar-refractivity contribution in [3.05, 3.63) is 51.7 Å². The zero-order chi connectivity index (χ0) is 14.8. The van der Waals surface area contributed by atoms with Crippen molar-refractivity contribution in [2.75, 3.05) is 4.90 Å². The van der Waals surface area contributed by atoms with Crippen LogP contribution in [0, 0.1) is 6.92 Å². The molecule has 2 aliphatic heterocycles. The number of thiophene rings is 1. The fourth-order valence-corrected chi connectivity index (χ4v) is 5.83. The van der Waals surface area contributed by atoms with Gasteiger partial charge in [-0.3, -0.25) is 0 Å². The van der Waals surface area contributed by atoms with E-state index in [0.717, 1.165) is 0 Å². The highest BCUT2D eigenvalue weighted by Gasteiger charge is 2.57. The van der Waals surface area contributed by atoms with Crippen LogP contribution in [0.15, 0.2) is 35.7 Å². The number of aryl methyl sites for hydroxylation is 1. The Bertz CT molecular complexity index is 703. The fourth-order valence-electron chi connectivity index (χ4n) is 4.61. The molecule has 3 aliphatic rings. The number of rotatable bonds is 1. The van der Waals surface area contributed by atoms with E-state index in [1.807, 2.05) is 11.3 Å². The monoisotopic (exact) mass is 297 g/mol. The quantitative estimate of drug-likeness (QED) is 0.696. The molecular weight excluding hydrogens is 274 g/mol. The van der Waals surface area contributed by atoms with E-state index in [9.17, 15) is 0 Å². The Morgan fingerprint density at radius 3 is 2.67 bits per heavy atom. The van der Waals surface area contributed by atoms with Crippen LogP contribution in [-0.4, -0.2) is 6.04 Å². The first-order valence-corrected chi connectivity index (χ1v) is 8.80. The van der Waals surface area contributed by atoms with Crippen molar-refractivity contribution < 1.29 is 0 Å². The maximum atomic E-state index is 2.71. The minimum Gasteiger partial charge on any atom is -0.357 e. The van der Waals surface area contributed by atoms with Crippen LogP contribution in [0.1, 0.15) is 49.6 Å². The number of hydrogen-bond donors (Lipinski definition) is 0. The SMILES string of the molecule is Cc1ccccc1N1[C@@H](C)C2(C)CCC1(C)c1sccc12. The summed E-state index contributed by atoms with van der Waals surface area (Å²) in [5, 5.41) is 2.29. The highest BCUT2D eigenvalue weighted by molar-refractivity contribution is 7.10. The van der Waals surface area contributed by atoms with Gasteiger partial charge in [-0.2, -0.15) is 0 Å². The Balaban J connectivity index is 1.97. The molecule has 1 aliphatic carbocycles. The van der Waals surface area contributed by atoms with Crippen LogP contribution in [0.4, 0.5) is 5.69 Å². The number of anilines is 1. The second kappa shape index (κ2) is 4.13. The van der Waals surface area contributed by atoms with Crippen LogP contribution in [0.3, 0.4) is 0 Å². The number of nitrogens with zero attached hydrogens (tertiary/aromatic N) is 1. The molecule has 3 atom stereocenters. The van der Waals surface area contributed by atoms with E-state index < -0.39 is 0 Å². The lowest BCUT2D eigenvalue weighted by Gasteiger charge is -2.62. The molecule has 0 saturated carbocycles. The normalized spacial score (nSPS) is 34.1. The second-order valence-electron chi connectivity index (χ2n) is 7.19. The van der Waals surface area contributed by atoms with Gasteiger partial charge in [0, 0.05) is 22.0 Å². The molecule has 2 unspecified atom stereocenters. The van der Waals surface area contributed by atoms with Gasteiger partial charge in [-0.1, -0.05) is 25.1 Å². The lowest BCUT2D eigenvalue weighted by Crippen LogP contribution is -2.65. The van der Waals surface area contributed by atoms with Crippen molar-refractivity contribution in [1.29, 1.82) is 0 Å². The summed E-state index contributed by atoms with van der Waals surface area (Å²) in [6.45, 7) is 9.58. The van der Waals surface area contributed by atoms with Gasteiger partial charge in [-0.25, -0.2) is 0 Å². The van der Waals surface area contributed by atoms with E-state index in [1.54, 1.807) is 10.4 Å². The molecule has 0 amide bonds. The predicted octanol–water partition coefficient (Wildman–Crippen LogP) is 5.23. The van der Waals surface area contributed by atoms with Crippen molar-refractivity contribution in [2.24, 2.45) is 0 Å². The first kappa shape index (κ1) is 13.4. The predicted molar refractivity (Wildman–Crippen MR) is 91.4 cm³/mol. The Labute approximate surface area is 131 Å². The maximum Gasteiger partial charge on any atom is 0.0724 e. The summed E-state index contributed by atoms with van der Waals surface area (Å²) in [6, 6.07) is 11.8. The number of piperidine rings is 1. The number of benzene rings is 1. The second-order valence-corrected chi connectivity index (χ2v) is 8.10. The van der Waals surface area contributed by atoms with Crippen LogP contribution in [-0.2, 0) is 11.0 Å². The van der Waals surface area contributed by atoms with Crippen molar-refractivity contribution in [1.82, 2.24) is 0 Å². The molecule has 2 heteroatoms. The van der Waals surface area contributed by atoms with Gasteiger partial charge >= 0.3 is 0 Å². The Hall–Kier alpha value is -1.28. The summed E-state index contributed by atoms with van der Waals surface area (Å²) >= 11 is 1.95. The van der Waals surface area contributed by atoms with Crippen molar-refractivity contribution in [3.63, 3.8) is 0 Å². The zero-order valence-corrected chi connectivity index (χ0v) is 14.1. The standard InChI is InChI=1S/C19H23NS/c1-13-7-5-6-8-16(13)20-14(2)18(3)10-11-19(20,4)17-15(18)9-12-21-17/h5-9,12,14H,10-11H2,1-4H3/t14-,18?,19?/m0/s1. The van der Waals surface area contributed by atoms with Gasteiger partial charge in [0.25, 0.3) is 0 Å². The summed E-state index contributed by atoms with van der Waals surface area (Å²) in [5.74, 6) is 0. The molecule has 0 spiro atoms. The summed E-state index contributed by atoms with van der Waals surface area (Å²) in [5.41, 5.74) is 4.86. The van der Waals surface area contributed by atoms with Gasteiger partial charge in [0.1, 0.15) is 0 Å². The molecule has 0 radical (unpaired) electrons. The van der Waals surface area contributed by atoms with E-state index in [0.29, 0.717) is 6.04 Å². The summed E-state index contributed by atoms with van der Waals surface area (Å²) < 4.78 is 0. The molecule has 1 nitrogen and oxygen atoms in total. The Kier molecular flexibility index (Phi) is 2.63. The largest absolute Gasteiger partial charge is 0.357 e. The molecule has 3 heterocycles. The Morgan fingerprint density at radius 2 is 1.90 bits per heavy atom. The molecule has 2 aromatic rings. The lowest BCUT2D eigenvalue weighted by molar-refractivity contribution is 0.170. The fraction of sp³-hybridized carbons (Fsp3) is 0.474. The van der Waals surface area contributed by atoms with Crippen molar-refractivity contribution in [3.8, 4) is 0 Å². The molecule has 2 bridgehead atoms. The summed E-state index contributed by atoms with van der Waals surface area (Å²) in [4.78, 5) is 4.31. The van der Waals surface area contributed by atoms with Gasteiger partial charge < -0.3 is 4.90 Å². The number of hydrogen-bond acceptors (Lipinski definition) is 2. The molecular formula is C19H23NS. The third-order valence-electron chi connectivity index (χ3n) is 6.12. The maximum absolute atomic E-state index is 2.71. The van der Waals surface area contributed by atoms with E-state index in [4.69, 9.17) is 0 Å². The molecule has 21 heavy (non-hydrogen) atoms. The minimum atomic E-state index is 0.160. The average Bonchev–Trinajstić information content (AvgIpc) is 2.96. The topological polar surface area (TPSA) is 3.24 Å². The Morgan fingerprint density at radius 1 is 1.14 bits per heavy atom. The van der Waals surface area contributed by atoms with Crippen molar-refractivity contribution in [2.45, 2.75) is 57.5 Å². The van der Waals surface area contributed by atoms with Crippen LogP contribution < -0.4 is 4.90 Å². The molecule has 0 N–H and O–H groups in total. The lowest BCUT2D eigenvalue weighted by atomic mass is 9.59. The van der Waals surface area contributed by atoms with Gasteiger partial charge in [-0.15, -0.1) is 11.3 Å².